The SMILES string of the molecule is CN(C)CCCN1C(=O)C(=O)C(=C(O)c2ccncc2)[C@@H]1c1ccccc1. The average molecular weight is 365 g/mol. The zero-order valence-electron chi connectivity index (χ0n) is 15.5. The molecule has 0 spiro atoms. The second-order valence-corrected chi connectivity index (χ2v) is 6.80. The highest BCUT2D eigenvalue weighted by Crippen LogP contribution is 2.39. The molecule has 1 aromatic heterocycles. The van der Waals surface area contributed by atoms with E-state index < -0.39 is 17.7 Å². The number of aliphatic hydroxyl groups is 1. The van der Waals surface area contributed by atoms with Gasteiger partial charge in [-0.3, -0.25) is 14.6 Å². The quantitative estimate of drug-likeness (QED) is 0.484. The third-order valence-corrected chi connectivity index (χ3v) is 4.61. The fourth-order valence-corrected chi connectivity index (χ4v) is 3.32. The Morgan fingerprint density at radius 1 is 1.11 bits per heavy atom. The highest BCUT2D eigenvalue weighted by atomic mass is 16.3. The van der Waals surface area contributed by atoms with E-state index in [9.17, 15) is 14.7 Å². The van der Waals surface area contributed by atoms with Gasteiger partial charge >= 0.3 is 0 Å². The third kappa shape index (κ3) is 3.90. The number of benzene rings is 1. The Hall–Kier alpha value is -2.99. The van der Waals surface area contributed by atoms with Gasteiger partial charge in [-0.15, -0.1) is 0 Å². The van der Waals surface area contributed by atoms with E-state index in [1.165, 1.54) is 0 Å². The smallest absolute Gasteiger partial charge is 0.295 e. The number of nitrogens with zero attached hydrogens (tertiary/aromatic N) is 3. The molecule has 1 N–H and O–H groups in total. The fraction of sp³-hybridized carbons (Fsp3) is 0.286. The van der Waals surface area contributed by atoms with Crippen LogP contribution in [-0.4, -0.2) is 58.8 Å². The minimum Gasteiger partial charge on any atom is -0.507 e. The molecular weight excluding hydrogens is 342 g/mol. The van der Waals surface area contributed by atoms with Crippen molar-refractivity contribution < 1.29 is 14.7 Å². The van der Waals surface area contributed by atoms with E-state index in [-0.39, 0.29) is 11.3 Å². The highest BCUT2D eigenvalue weighted by Gasteiger charge is 2.45. The first-order valence-electron chi connectivity index (χ1n) is 8.89. The Labute approximate surface area is 158 Å². The zero-order valence-corrected chi connectivity index (χ0v) is 15.5. The van der Waals surface area contributed by atoms with E-state index in [0.29, 0.717) is 12.1 Å². The minimum absolute atomic E-state index is 0.127. The molecule has 1 fully saturated rings. The second-order valence-electron chi connectivity index (χ2n) is 6.80. The monoisotopic (exact) mass is 365 g/mol. The first kappa shape index (κ1) is 18.8. The van der Waals surface area contributed by atoms with Crippen molar-refractivity contribution in [3.8, 4) is 0 Å². The molecule has 1 amide bonds. The molecule has 140 valence electrons. The van der Waals surface area contributed by atoms with Crippen LogP contribution in [0.1, 0.15) is 23.6 Å². The van der Waals surface area contributed by atoms with Gasteiger partial charge in [0.1, 0.15) is 5.76 Å². The topological polar surface area (TPSA) is 73.7 Å². The number of Topliss-reactive ketones (excluding diaryl/α,β-unsaturated/α-hetero) is 1. The van der Waals surface area contributed by atoms with Crippen molar-refractivity contribution >= 4 is 17.4 Å². The highest BCUT2D eigenvalue weighted by molar-refractivity contribution is 6.46. The molecule has 0 aliphatic carbocycles. The Kier molecular flexibility index (Phi) is 5.66. The molecule has 1 aromatic carbocycles. The van der Waals surface area contributed by atoms with Crippen molar-refractivity contribution in [1.82, 2.24) is 14.8 Å². The lowest BCUT2D eigenvalue weighted by Gasteiger charge is -2.25. The van der Waals surface area contributed by atoms with Gasteiger partial charge in [-0.05, 0) is 44.8 Å². The van der Waals surface area contributed by atoms with Crippen molar-refractivity contribution in [2.75, 3.05) is 27.2 Å². The molecule has 2 heterocycles. The number of hydrogen-bond donors (Lipinski definition) is 1. The van der Waals surface area contributed by atoms with Gasteiger partial charge in [-0.1, -0.05) is 30.3 Å². The van der Waals surface area contributed by atoms with E-state index in [1.807, 2.05) is 49.3 Å². The Bertz CT molecular complexity index is 847. The summed E-state index contributed by atoms with van der Waals surface area (Å²) in [5.74, 6) is -1.39. The minimum atomic E-state index is -0.650. The van der Waals surface area contributed by atoms with Gasteiger partial charge in [0.25, 0.3) is 11.7 Å². The maximum atomic E-state index is 12.8. The maximum absolute atomic E-state index is 12.8. The van der Waals surface area contributed by atoms with Crippen molar-refractivity contribution in [1.29, 1.82) is 0 Å². The lowest BCUT2D eigenvalue weighted by atomic mass is 9.95. The van der Waals surface area contributed by atoms with Crippen molar-refractivity contribution in [2.45, 2.75) is 12.5 Å². The van der Waals surface area contributed by atoms with Gasteiger partial charge in [-0.25, -0.2) is 0 Å². The van der Waals surface area contributed by atoms with Crippen LogP contribution >= 0.6 is 0 Å². The number of carbonyl (C=O) groups is 2. The third-order valence-electron chi connectivity index (χ3n) is 4.61. The first-order valence-corrected chi connectivity index (χ1v) is 8.89. The standard InChI is InChI=1S/C21H23N3O3/c1-23(2)13-6-14-24-18(15-7-4-3-5-8-15)17(20(26)21(24)27)19(25)16-9-11-22-12-10-16/h3-5,7-12,18,25H,6,13-14H2,1-2H3/t18-/m0/s1. The second kappa shape index (κ2) is 8.14. The Morgan fingerprint density at radius 2 is 1.78 bits per heavy atom. The summed E-state index contributed by atoms with van der Waals surface area (Å²) in [5.41, 5.74) is 1.40. The van der Waals surface area contributed by atoms with Crippen LogP contribution in [0, 0.1) is 0 Å². The average Bonchev–Trinajstić information content (AvgIpc) is 2.93. The van der Waals surface area contributed by atoms with E-state index >= 15 is 0 Å². The first-order chi connectivity index (χ1) is 13.0. The van der Waals surface area contributed by atoms with E-state index in [0.717, 1.165) is 18.5 Å². The molecule has 6 heteroatoms. The van der Waals surface area contributed by atoms with E-state index in [2.05, 4.69) is 4.98 Å². The van der Waals surface area contributed by atoms with Crippen LogP contribution in [-0.2, 0) is 9.59 Å². The Balaban J connectivity index is 2.05. The summed E-state index contributed by atoms with van der Waals surface area (Å²) in [5, 5.41) is 10.8. The molecule has 0 unspecified atom stereocenters. The molecule has 0 radical (unpaired) electrons. The number of aromatic nitrogens is 1. The van der Waals surface area contributed by atoms with Gasteiger partial charge in [0.05, 0.1) is 11.6 Å². The largest absolute Gasteiger partial charge is 0.507 e. The van der Waals surface area contributed by atoms with E-state index in [4.69, 9.17) is 0 Å². The molecule has 6 nitrogen and oxygen atoms in total. The van der Waals surface area contributed by atoms with Crippen LogP contribution in [0.15, 0.2) is 60.4 Å². The normalized spacial score (nSPS) is 19.1. The fourth-order valence-electron chi connectivity index (χ4n) is 3.32. The summed E-state index contributed by atoms with van der Waals surface area (Å²) in [6.45, 7) is 1.24. The van der Waals surface area contributed by atoms with Crippen LogP contribution in [0.2, 0.25) is 0 Å². The number of ketones is 1. The Morgan fingerprint density at radius 3 is 2.41 bits per heavy atom. The number of likely N-dealkylation sites (tertiary alicyclic amines) is 1. The summed E-state index contributed by atoms with van der Waals surface area (Å²) < 4.78 is 0. The maximum Gasteiger partial charge on any atom is 0.295 e. The van der Waals surface area contributed by atoms with Gasteiger partial charge < -0.3 is 14.9 Å². The molecular formula is C21H23N3O3. The van der Waals surface area contributed by atoms with E-state index in [1.54, 1.807) is 29.4 Å². The van der Waals surface area contributed by atoms with Gasteiger partial charge in [0, 0.05) is 24.5 Å². The number of carbonyl (C=O) groups excluding carboxylic acids is 2. The number of amides is 1. The van der Waals surface area contributed by atoms with Crippen LogP contribution in [0.3, 0.4) is 0 Å². The van der Waals surface area contributed by atoms with Crippen LogP contribution in [0.25, 0.3) is 5.76 Å². The molecule has 1 saturated heterocycles. The van der Waals surface area contributed by atoms with Gasteiger partial charge in [0.2, 0.25) is 0 Å². The van der Waals surface area contributed by atoms with Crippen molar-refractivity contribution in [3.05, 3.63) is 71.6 Å². The molecule has 1 aliphatic rings. The summed E-state index contributed by atoms with van der Waals surface area (Å²) in [7, 11) is 3.93. The number of aliphatic hydroxyl groups excluding tert-OH is 1. The van der Waals surface area contributed by atoms with Crippen LogP contribution < -0.4 is 0 Å². The molecule has 1 atom stereocenters. The molecule has 3 rings (SSSR count). The molecule has 2 aromatic rings. The predicted octanol–water partition coefficient (Wildman–Crippen LogP) is 2.46. The van der Waals surface area contributed by atoms with Gasteiger partial charge in [0.15, 0.2) is 0 Å². The molecule has 27 heavy (non-hydrogen) atoms. The number of hydrogen-bond acceptors (Lipinski definition) is 5. The summed E-state index contributed by atoms with van der Waals surface area (Å²) >= 11 is 0. The molecule has 0 bridgehead atoms. The van der Waals surface area contributed by atoms with Crippen LogP contribution in [0.4, 0.5) is 0 Å². The summed E-state index contributed by atoms with van der Waals surface area (Å²) in [6.07, 6.45) is 3.82. The zero-order chi connectivity index (χ0) is 19.4. The van der Waals surface area contributed by atoms with Crippen molar-refractivity contribution in [2.24, 2.45) is 0 Å². The molecule has 0 saturated carbocycles. The summed E-state index contributed by atoms with van der Waals surface area (Å²) in [6, 6.07) is 12.0. The molecule has 1 aliphatic heterocycles. The lowest BCUT2D eigenvalue weighted by molar-refractivity contribution is -0.139. The summed E-state index contributed by atoms with van der Waals surface area (Å²) in [4.78, 5) is 33.0. The van der Waals surface area contributed by atoms with Crippen molar-refractivity contribution in [3.63, 3.8) is 0 Å². The van der Waals surface area contributed by atoms with Gasteiger partial charge in [-0.2, -0.15) is 0 Å². The van der Waals surface area contributed by atoms with Crippen LogP contribution in [0.5, 0.6) is 0 Å². The number of rotatable bonds is 6. The number of pyridine rings is 1. The predicted molar refractivity (Wildman–Crippen MR) is 103 cm³/mol. The lowest BCUT2D eigenvalue weighted by Crippen LogP contribution is -2.32.